The van der Waals surface area contributed by atoms with Crippen LogP contribution >= 0.6 is 0 Å². The molecule has 2 aromatic rings. The molecule has 0 atom stereocenters. The van der Waals surface area contributed by atoms with Gasteiger partial charge < -0.3 is 11.6 Å². The van der Waals surface area contributed by atoms with E-state index >= 15 is 0 Å². The molecule has 0 spiro atoms. The summed E-state index contributed by atoms with van der Waals surface area (Å²) in [5, 5.41) is 3.58. The number of benzene rings is 2. The molecule has 0 aromatic heterocycles. The number of hydrogen-bond donors (Lipinski definition) is 2. The van der Waals surface area contributed by atoms with E-state index in [1.807, 2.05) is 0 Å². The van der Waals surface area contributed by atoms with Crippen LogP contribution in [0.25, 0.3) is 0 Å². The molecule has 4 N–H and O–H groups in total. The van der Waals surface area contributed by atoms with E-state index in [1.54, 1.807) is 30.3 Å². The second-order valence-corrected chi connectivity index (χ2v) is 4.14. The molecule has 0 bridgehead atoms. The van der Waals surface area contributed by atoms with E-state index in [9.17, 15) is 13.2 Å². The highest BCUT2D eigenvalue weighted by molar-refractivity contribution is 6.15. The van der Waals surface area contributed by atoms with Crippen molar-refractivity contribution in [1.82, 2.24) is 0 Å². The monoisotopic (exact) mass is 279 g/mol. The topological polar surface area (TPSA) is 64.4 Å². The van der Waals surface area contributed by atoms with E-state index in [1.165, 1.54) is 6.07 Å². The standard InChI is InChI=1S/C14H12F3N3/c15-14(16,17)10-6-7-12(18)11(8-10)13(20-19)9-4-2-1-3-5-9/h1-8H,18-19H2. The third-order valence-electron chi connectivity index (χ3n) is 2.81. The Morgan fingerprint density at radius 2 is 1.65 bits per heavy atom. The van der Waals surface area contributed by atoms with Crippen molar-refractivity contribution >= 4 is 11.4 Å². The average molecular weight is 279 g/mol. The molecule has 0 aliphatic rings. The maximum Gasteiger partial charge on any atom is 0.416 e. The van der Waals surface area contributed by atoms with Crippen LogP contribution in [0.1, 0.15) is 16.7 Å². The minimum Gasteiger partial charge on any atom is -0.398 e. The number of rotatable bonds is 2. The first-order chi connectivity index (χ1) is 9.43. The van der Waals surface area contributed by atoms with Crippen LogP contribution in [0.4, 0.5) is 18.9 Å². The largest absolute Gasteiger partial charge is 0.416 e. The van der Waals surface area contributed by atoms with Crippen LogP contribution in [0.2, 0.25) is 0 Å². The Morgan fingerprint density at radius 3 is 2.20 bits per heavy atom. The summed E-state index contributed by atoms with van der Waals surface area (Å²) in [6.07, 6.45) is -4.45. The summed E-state index contributed by atoms with van der Waals surface area (Å²) in [6.45, 7) is 0. The Bertz CT molecular complexity index is 634. The fourth-order valence-corrected chi connectivity index (χ4v) is 1.83. The second kappa shape index (κ2) is 5.24. The molecule has 6 heteroatoms. The van der Waals surface area contributed by atoms with E-state index in [-0.39, 0.29) is 17.0 Å². The van der Waals surface area contributed by atoms with E-state index in [2.05, 4.69) is 5.10 Å². The molecule has 0 heterocycles. The van der Waals surface area contributed by atoms with Gasteiger partial charge in [-0.2, -0.15) is 18.3 Å². The highest BCUT2D eigenvalue weighted by Gasteiger charge is 2.31. The predicted molar refractivity (Wildman–Crippen MR) is 72.1 cm³/mol. The molecule has 2 rings (SSSR count). The van der Waals surface area contributed by atoms with Gasteiger partial charge in [0.1, 0.15) is 0 Å². The summed E-state index contributed by atoms with van der Waals surface area (Å²) < 4.78 is 38.3. The normalized spacial score (nSPS) is 12.4. The molecule has 0 radical (unpaired) electrons. The fourth-order valence-electron chi connectivity index (χ4n) is 1.83. The quantitative estimate of drug-likeness (QED) is 0.384. The van der Waals surface area contributed by atoms with Crippen molar-refractivity contribution in [1.29, 1.82) is 0 Å². The van der Waals surface area contributed by atoms with E-state index in [4.69, 9.17) is 11.6 Å². The molecule has 0 unspecified atom stereocenters. The second-order valence-electron chi connectivity index (χ2n) is 4.14. The average Bonchev–Trinajstić information content (AvgIpc) is 2.41. The molecular formula is C14H12F3N3. The summed E-state index contributed by atoms with van der Waals surface area (Å²) in [7, 11) is 0. The molecular weight excluding hydrogens is 267 g/mol. The van der Waals surface area contributed by atoms with E-state index in [0.29, 0.717) is 5.56 Å². The number of nitrogen functional groups attached to an aromatic ring is 1. The van der Waals surface area contributed by atoms with Crippen molar-refractivity contribution in [2.24, 2.45) is 10.9 Å². The molecule has 0 aliphatic heterocycles. The van der Waals surface area contributed by atoms with Crippen LogP contribution < -0.4 is 11.6 Å². The third-order valence-corrected chi connectivity index (χ3v) is 2.81. The molecule has 0 saturated heterocycles. The number of nitrogens with two attached hydrogens (primary N) is 2. The first kappa shape index (κ1) is 13.9. The smallest absolute Gasteiger partial charge is 0.398 e. The van der Waals surface area contributed by atoms with Crippen LogP contribution in [0.5, 0.6) is 0 Å². The van der Waals surface area contributed by atoms with Gasteiger partial charge in [-0.15, -0.1) is 0 Å². The SMILES string of the molecule is NN=C(c1ccccc1)c1cc(C(F)(F)F)ccc1N. The number of nitrogens with zero attached hydrogens (tertiary/aromatic N) is 1. The van der Waals surface area contributed by atoms with Gasteiger partial charge in [0.15, 0.2) is 0 Å². The van der Waals surface area contributed by atoms with Crippen molar-refractivity contribution in [3.63, 3.8) is 0 Å². The number of anilines is 1. The van der Waals surface area contributed by atoms with Gasteiger partial charge in [-0.05, 0) is 18.2 Å². The lowest BCUT2D eigenvalue weighted by atomic mass is 9.98. The number of hydrogen-bond acceptors (Lipinski definition) is 3. The van der Waals surface area contributed by atoms with Crippen LogP contribution in [0.3, 0.4) is 0 Å². The lowest BCUT2D eigenvalue weighted by Crippen LogP contribution is -2.12. The van der Waals surface area contributed by atoms with Gasteiger partial charge in [-0.25, -0.2) is 0 Å². The maximum absolute atomic E-state index is 12.8. The molecule has 2 aromatic carbocycles. The Kier molecular flexibility index (Phi) is 3.65. The summed E-state index contributed by atoms with van der Waals surface area (Å²) in [4.78, 5) is 0. The van der Waals surface area contributed by atoms with E-state index in [0.717, 1.165) is 12.1 Å². The summed E-state index contributed by atoms with van der Waals surface area (Å²) in [5.41, 5.74) is 6.11. The molecule has 20 heavy (non-hydrogen) atoms. The summed E-state index contributed by atoms with van der Waals surface area (Å²) >= 11 is 0. The number of hydrazone groups is 1. The van der Waals surface area contributed by atoms with Crippen LogP contribution in [0.15, 0.2) is 53.6 Å². The molecule has 0 amide bonds. The lowest BCUT2D eigenvalue weighted by molar-refractivity contribution is -0.137. The lowest BCUT2D eigenvalue weighted by Gasteiger charge is -2.12. The number of alkyl halides is 3. The minimum absolute atomic E-state index is 0.161. The Morgan fingerprint density at radius 1 is 1.00 bits per heavy atom. The highest BCUT2D eigenvalue weighted by Crippen LogP contribution is 2.32. The van der Waals surface area contributed by atoms with Crippen molar-refractivity contribution in [3.8, 4) is 0 Å². The molecule has 3 nitrogen and oxygen atoms in total. The van der Waals surface area contributed by atoms with Gasteiger partial charge in [0, 0.05) is 16.8 Å². The fraction of sp³-hybridized carbons (Fsp3) is 0.0714. The molecule has 104 valence electrons. The van der Waals surface area contributed by atoms with Crippen molar-refractivity contribution in [2.45, 2.75) is 6.18 Å². The van der Waals surface area contributed by atoms with Gasteiger partial charge in [-0.3, -0.25) is 0 Å². The van der Waals surface area contributed by atoms with Crippen molar-refractivity contribution in [2.75, 3.05) is 5.73 Å². The third kappa shape index (κ3) is 2.74. The van der Waals surface area contributed by atoms with Crippen LogP contribution in [0, 0.1) is 0 Å². The van der Waals surface area contributed by atoms with Crippen molar-refractivity contribution in [3.05, 3.63) is 65.2 Å². The van der Waals surface area contributed by atoms with Gasteiger partial charge in [0.25, 0.3) is 0 Å². The molecule has 0 aliphatic carbocycles. The first-order valence-electron chi connectivity index (χ1n) is 5.74. The van der Waals surface area contributed by atoms with Crippen LogP contribution in [-0.4, -0.2) is 5.71 Å². The van der Waals surface area contributed by atoms with Crippen molar-refractivity contribution < 1.29 is 13.2 Å². The van der Waals surface area contributed by atoms with Gasteiger partial charge in [0.2, 0.25) is 0 Å². The molecule has 0 fully saturated rings. The van der Waals surface area contributed by atoms with E-state index < -0.39 is 11.7 Å². The van der Waals surface area contributed by atoms with Gasteiger partial charge in [-0.1, -0.05) is 30.3 Å². The zero-order valence-corrected chi connectivity index (χ0v) is 10.4. The zero-order chi connectivity index (χ0) is 14.8. The maximum atomic E-state index is 12.8. The molecule has 0 saturated carbocycles. The minimum atomic E-state index is -4.45. The first-order valence-corrected chi connectivity index (χ1v) is 5.74. The number of halogens is 3. The van der Waals surface area contributed by atoms with Gasteiger partial charge in [0.05, 0.1) is 11.3 Å². The Balaban J connectivity index is 2.56. The summed E-state index contributed by atoms with van der Waals surface area (Å²) in [6, 6.07) is 11.7. The van der Waals surface area contributed by atoms with Gasteiger partial charge >= 0.3 is 6.18 Å². The summed E-state index contributed by atoms with van der Waals surface area (Å²) in [5.74, 6) is 5.32. The Labute approximate surface area is 113 Å². The zero-order valence-electron chi connectivity index (χ0n) is 10.4. The highest BCUT2D eigenvalue weighted by atomic mass is 19.4. The Hall–Kier alpha value is -2.50. The predicted octanol–water partition coefficient (Wildman–Crippen LogP) is 3.00. The van der Waals surface area contributed by atoms with Crippen LogP contribution in [-0.2, 0) is 6.18 Å².